The third-order valence-corrected chi connectivity index (χ3v) is 3.47. The molecule has 1 heterocycles. The number of nitrogen functional groups attached to an aromatic ring is 1. The van der Waals surface area contributed by atoms with Crippen molar-refractivity contribution in [2.75, 3.05) is 18.6 Å². The fourth-order valence-corrected chi connectivity index (χ4v) is 2.08. The van der Waals surface area contributed by atoms with Gasteiger partial charge < -0.3 is 15.2 Å². The minimum Gasteiger partial charge on any atom is -0.464 e. The summed E-state index contributed by atoms with van der Waals surface area (Å²) < 4.78 is 33.2. The van der Waals surface area contributed by atoms with E-state index in [1.54, 1.807) is 6.92 Å². The molecule has 0 atom stereocenters. The summed E-state index contributed by atoms with van der Waals surface area (Å²) in [6, 6.07) is 5.89. The number of nitrogens with two attached hydrogens (primary N) is 1. The van der Waals surface area contributed by atoms with E-state index in [1.807, 2.05) is 0 Å². The fraction of sp³-hybridized carbons (Fsp3) is 0.250. The number of hydrogen-bond donors (Lipinski definition) is 1. The summed E-state index contributed by atoms with van der Waals surface area (Å²) >= 11 is 0. The van der Waals surface area contributed by atoms with E-state index in [0.29, 0.717) is 12.4 Å². The van der Waals surface area contributed by atoms with Gasteiger partial charge in [0.2, 0.25) is 5.95 Å². The monoisotopic (exact) mass is 310 g/mol. The fourth-order valence-electron chi connectivity index (χ4n) is 1.45. The number of rotatable bonds is 5. The number of hydrogen-bond acceptors (Lipinski definition) is 8. The Morgan fingerprint density at radius 3 is 2.29 bits per heavy atom. The smallest absolute Gasteiger partial charge is 0.330 e. The van der Waals surface area contributed by atoms with Crippen LogP contribution in [0, 0.1) is 0 Å². The lowest BCUT2D eigenvalue weighted by atomic mass is 10.3. The minimum absolute atomic E-state index is 0.0296. The first-order valence-corrected chi connectivity index (χ1v) is 7.90. The molecule has 0 aliphatic rings. The predicted molar refractivity (Wildman–Crippen MR) is 75.0 cm³/mol. The van der Waals surface area contributed by atoms with Gasteiger partial charge in [-0.2, -0.15) is 9.97 Å². The normalized spacial score (nSPS) is 11.1. The Morgan fingerprint density at radius 2 is 1.71 bits per heavy atom. The number of anilines is 1. The van der Waals surface area contributed by atoms with Crippen molar-refractivity contribution >= 4 is 15.8 Å². The van der Waals surface area contributed by atoms with E-state index in [0.717, 1.165) is 6.26 Å². The molecule has 2 N–H and O–H groups in total. The topological polar surface area (TPSA) is 117 Å². The first-order valence-electron chi connectivity index (χ1n) is 6.01. The van der Waals surface area contributed by atoms with Crippen molar-refractivity contribution in [3.05, 3.63) is 24.3 Å². The Kier molecular flexibility index (Phi) is 4.22. The maximum Gasteiger partial charge on any atom is 0.330 e. The van der Waals surface area contributed by atoms with Crippen LogP contribution in [-0.2, 0) is 9.84 Å². The van der Waals surface area contributed by atoms with Gasteiger partial charge in [0.05, 0.1) is 11.5 Å². The zero-order valence-corrected chi connectivity index (χ0v) is 12.3. The summed E-state index contributed by atoms with van der Waals surface area (Å²) in [6.07, 6.45) is 1.13. The van der Waals surface area contributed by atoms with Crippen LogP contribution >= 0.6 is 0 Å². The Morgan fingerprint density at radius 1 is 1.10 bits per heavy atom. The van der Waals surface area contributed by atoms with Crippen LogP contribution < -0.4 is 15.2 Å². The lowest BCUT2D eigenvalue weighted by Gasteiger charge is -2.06. The molecule has 0 aliphatic carbocycles. The van der Waals surface area contributed by atoms with E-state index < -0.39 is 9.84 Å². The highest BCUT2D eigenvalue weighted by molar-refractivity contribution is 7.90. The molecule has 1 aromatic heterocycles. The van der Waals surface area contributed by atoms with Gasteiger partial charge in [-0.05, 0) is 31.2 Å². The summed E-state index contributed by atoms with van der Waals surface area (Å²) in [5, 5.41) is 0. The average Bonchev–Trinajstić information content (AvgIpc) is 2.38. The van der Waals surface area contributed by atoms with Gasteiger partial charge in [0.25, 0.3) is 0 Å². The Bertz CT molecular complexity index is 731. The Balaban J connectivity index is 2.22. The molecular weight excluding hydrogens is 296 g/mol. The van der Waals surface area contributed by atoms with Crippen LogP contribution in [0.5, 0.6) is 17.8 Å². The third-order valence-electron chi connectivity index (χ3n) is 2.35. The van der Waals surface area contributed by atoms with Gasteiger partial charge in [-0.25, -0.2) is 8.42 Å². The molecule has 0 spiro atoms. The van der Waals surface area contributed by atoms with E-state index in [1.165, 1.54) is 24.3 Å². The van der Waals surface area contributed by atoms with Crippen LogP contribution in [0.4, 0.5) is 5.95 Å². The van der Waals surface area contributed by atoms with Crippen molar-refractivity contribution in [1.82, 2.24) is 15.0 Å². The van der Waals surface area contributed by atoms with E-state index >= 15 is 0 Å². The largest absolute Gasteiger partial charge is 0.464 e. The van der Waals surface area contributed by atoms with Crippen molar-refractivity contribution < 1.29 is 17.9 Å². The summed E-state index contributed by atoms with van der Waals surface area (Å²) in [5.41, 5.74) is 5.52. The standard InChI is InChI=1S/C12H14N4O4S/c1-3-19-11-14-10(13)15-12(16-11)20-8-4-6-9(7-5-8)21(2,17)18/h4-7H,3H2,1-2H3,(H2,13,14,15,16). The van der Waals surface area contributed by atoms with E-state index in [-0.39, 0.29) is 22.9 Å². The molecule has 21 heavy (non-hydrogen) atoms. The second-order valence-electron chi connectivity index (χ2n) is 4.04. The number of benzene rings is 1. The minimum atomic E-state index is -3.25. The predicted octanol–water partition coefficient (Wildman–Crippen LogP) is 1.05. The molecule has 0 saturated carbocycles. The number of aromatic nitrogens is 3. The van der Waals surface area contributed by atoms with Crippen LogP contribution in [0.2, 0.25) is 0 Å². The lowest BCUT2D eigenvalue weighted by Crippen LogP contribution is -2.04. The maximum absolute atomic E-state index is 11.4. The Hall–Kier alpha value is -2.42. The summed E-state index contributed by atoms with van der Waals surface area (Å²) in [4.78, 5) is 11.7. The molecule has 0 fully saturated rings. The molecule has 1 aromatic carbocycles. The van der Waals surface area contributed by atoms with Gasteiger partial charge in [0.15, 0.2) is 9.84 Å². The van der Waals surface area contributed by atoms with Gasteiger partial charge in [-0.15, -0.1) is 4.98 Å². The molecule has 2 rings (SSSR count). The molecule has 0 radical (unpaired) electrons. The third kappa shape index (κ3) is 4.02. The van der Waals surface area contributed by atoms with Crippen LogP contribution in [0.1, 0.15) is 6.92 Å². The Labute approximate surface area is 121 Å². The van der Waals surface area contributed by atoms with Crippen LogP contribution in [0.3, 0.4) is 0 Å². The quantitative estimate of drug-likeness (QED) is 0.870. The zero-order valence-electron chi connectivity index (χ0n) is 11.5. The lowest BCUT2D eigenvalue weighted by molar-refractivity contribution is 0.304. The van der Waals surface area contributed by atoms with E-state index in [4.69, 9.17) is 15.2 Å². The van der Waals surface area contributed by atoms with Gasteiger partial charge in [-0.3, -0.25) is 0 Å². The number of sulfone groups is 1. The highest BCUT2D eigenvalue weighted by atomic mass is 32.2. The maximum atomic E-state index is 11.4. The van der Waals surface area contributed by atoms with Gasteiger partial charge in [-0.1, -0.05) is 0 Å². The molecule has 2 aromatic rings. The zero-order chi connectivity index (χ0) is 15.5. The molecular formula is C12H14N4O4S. The SMILES string of the molecule is CCOc1nc(N)nc(Oc2ccc(S(C)(=O)=O)cc2)n1. The van der Waals surface area contributed by atoms with Crippen LogP contribution in [-0.4, -0.2) is 36.2 Å². The first kappa shape index (κ1) is 15.0. The molecule has 112 valence electrons. The molecule has 8 nitrogen and oxygen atoms in total. The second kappa shape index (κ2) is 5.92. The highest BCUT2D eigenvalue weighted by Gasteiger charge is 2.09. The molecule has 0 bridgehead atoms. The van der Waals surface area contributed by atoms with Gasteiger partial charge >= 0.3 is 12.0 Å². The molecule has 0 saturated heterocycles. The summed E-state index contributed by atoms with van der Waals surface area (Å²) in [7, 11) is -3.25. The van der Waals surface area contributed by atoms with Gasteiger partial charge in [0.1, 0.15) is 5.75 Å². The van der Waals surface area contributed by atoms with Crippen molar-refractivity contribution in [3.8, 4) is 17.8 Å². The first-order chi connectivity index (χ1) is 9.88. The van der Waals surface area contributed by atoms with Gasteiger partial charge in [0, 0.05) is 6.26 Å². The van der Waals surface area contributed by atoms with Crippen LogP contribution in [0.25, 0.3) is 0 Å². The van der Waals surface area contributed by atoms with Crippen molar-refractivity contribution in [2.45, 2.75) is 11.8 Å². The average molecular weight is 310 g/mol. The summed E-state index contributed by atoms with van der Waals surface area (Å²) in [6.45, 7) is 2.16. The molecule has 0 amide bonds. The second-order valence-corrected chi connectivity index (χ2v) is 6.05. The molecule has 0 unspecified atom stereocenters. The summed E-state index contributed by atoms with van der Waals surface area (Å²) in [5.74, 6) is 0.339. The van der Waals surface area contributed by atoms with Crippen molar-refractivity contribution in [3.63, 3.8) is 0 Å². The van der Waals surface area contributed by atoms with Crippen molar-refractivity contribution in [2.24, 2.45) is 0 Å². The van der Waals surface area contributed by atoms with E-state index in [9.17, 15) is 8.42 Å². The number of nitrogens with zero attached hydrogens (tertiary/aromatic N) is 3. The molecule has 9 heteroatoms. The molecule has 0 aliphatic heterocycles. The van der Waals surface area contributed by atoms with Crippen molar-refractivity contribution in [1.29, 1.82) is 0 Å². The highest BCUT2D eigenvalue weighted by Crippen LogP contribution is 2.21. The van der Waals surface area contributed by atoms with Crippen LogP contribution in [0.15, 0.2) is 29.2 Å². The van der Waals surface area contributed by atoms with E-state index in [2.05, 4.69) is 15.0 Å². The number of ether oxygens (including phenoxy) is 2.